The van der Waals surface area contributed by atoms with E-state index in [4.69, 9.17) is 4.74 Å². The summed E-state index contributed by atoms with van der Waals surface area (Å²) in [6.45, 7) is 4.28. The molecule has 0 bridgehead atoms. The van der Waals surface area contributed by atoms with Gasteiger partial charge >= 0.3 is 0 Å². The lowest BCUT2D eigenvalue weighted by Crippen LogP contribution is -1.96. The van der Waals surface area contributed by atoms with Crippen molar-refractivity contribution >= 4 is 0 Å². The van der Waals surface area contributed by atoms with Crippen molar-refractivity contribution in [2.24, 2.45) is 0 Å². The number of hydrogen-bond donors (Lipinski definition) is 0. The van der Waals surface area contributed by atoms with Gasteiger partial charge in [-0.15, -0.1) is 0 Å². The largest absolute Gasteiger partial charge is 0.375 e. The standard InChI is InChI=1S/C7H15O/c1-4-6-7(5-2)8-3/h4-6H2,1-3H3. The molecule has 0 rings (SSSR count). The van der Waals surface area contributed by atoms with Gasteiger partial charge in [0.1, 0.15) is 0 Å². The van der Waals surface area contributed by atoms with Crippen molar-refractivity contribution in [1.82, 2.24) is 0 Å². The Hall–Kier alpha value is -0.0400. The van der Waals surface area contributed by atoms with E-state index >= 15 is 0 Å². The van der Waals surface area contributed by atoms with E-state index < -0.39 is 0 Å². The van der Waals surface area contributed by atoms with E-state index in [1.165, 1.54) is 12.5 Å². The molecule has 0 amide bonds. The van der Waals surface area contributed by atoms with E-state index in [9.17, 15) is 0 Å². The second kappa shape index (κ2) is 5.10. The Kier molecular flexibility index (Phi) is 5.08. The fourth-order valence-electron chi connectivity index (χ4n) is 0.702. The molecule has 0 aromatic carbocycles. The van der Waals surface area contributed by atoms with Crippen LogP contribution in [0.4, 0.5) is 0 Å². The molecule has 0 saturated heterocycles. The Morgan fingerprint density at radius 1 is 1.38 bits per heavy atom. The van der Waals surface area contributed by atoms with Gasteiger partial charge in [-0.05, 0) is 12.8 Å². The van der Waals surface area contributed by atoms with Gasteiger partial charge in [-0.3, -0.25) is 0 Å². The Morgan fingerprint density at radius 2 is 2.00 bits per heavy atom. The van der Waals surface area contributed by atoms with Crippen molar-refractivity contribution in [3.63, 3.8) is 0 Å². The summed E-state index contributed by atoms with van der Waals surface area (Å²) in [7, 11) is 1.74. The third kappa shape index (κ3) is 3.03. The average Bonchev–Trinajstić information content (AvgIpc) is 1.83. The molecule has 0 aliphatic rings. The normalized spacial score (nSPS) is 10.5. The van der Waals surface area contributed by atoms with Crippen molar-refractivity contribution in [3.05, 3.63) is 6.10 Å². The average molecular weight is 115 g/mol. The lowest BCUT2D eigenvalue weighted by molar-refractivity contribution is 0.187. The van der Waals surface area contributed by atoms with Crippen molar-refractivity contribution in [2.75, 3.05) is 7.11 Å². The third-order valence-corrected chi connectivity index (χ3v) is 1.21. The van der Waals surface area contributed by atoms with E-state index in [1.54, 1.807) is 7.11 Å². The van der Waals surface area contributed by atoms with Crippen LogP contribution in [-0.4, -0.2) is 7.11 Å². The van der Waals surface area contributed by atoms with Gasteiger partial charge < -0.3 is 4.74 Å². The molecule has 0 aromatic rings. The van der Waals surface area contributed by atoms with E-state index in [2.05, 4.69) is 13.8 Å². The van der Waals surface area contributed by atoms with Crippen LogP contribution in [0, 0.1) is 6.10 Å². The van der Waals surface area contributed by atoms with Gasteiger partial charge in [0.15, 0.2) is 0 Å². The summed E-state index contributed by atoms with van der Waals surface area (Å²) in [5.41, 5.74) is 0. The summed E-state index contributed by atoms with van der Waals surface area (Å²) in [5, 5.41) is 0. The zero-order chi connectivity index (χ0) is 6.41. The molecule has 1 heteroatoms. The van der Waals surface area contributed by atoms with E-state index in [0.717, 1.165) is 12.8 Å². The molecule has 0 heterocycles. The summed E-state index contributed by atoms with van der Waals surface area (Å²) in [4.78, 5) is 0. The molecule has 1 radical (unpaired) electrons. The molecule has 0 unspecified atom stereocenters. The van der Waals surface area contributed by atoms with Crippen molar-refractivity contribution < 1.29 is 4.74 Å². The van der Waals surface area contributed by atoms with Gasteiger partial charge in [-0.2, -0.15) is 0 Å². The second-order valence-electron chi connectivity index (χ2n) is 1.85. The van der Waals surface area contributed by atoms with Gasteiger partial charge in [-0.25, -0.2) is 0 Å². The highest BCUT2D eigenvalue weighted by molar-refractivity contribution is 4.73. The molecule has 0 atom stereocenters. The van der Waals surface area contributed by atoms with Crippen LogP contribution in [0.3, 0.4) is 0 Å². The van der Waals surface area contributed by atoms with Crippen LogP contribution in [-0.2, 0) is 4.74 Å². The molecule has 49 valence electrons. The highest BCUT2D eigenvalue weighted by Crippen LogP contribution is 2.12. The predicted molar refractivity (Wildman–Crippen MR) is 35.5 cm³/mol. The highest BCUT2D eigenvalue weighted by Gasteiger charge is 2.01. The zero-order valence-corrected chi connectivity index (χ0v) is 6.03. The molecule has 0 N–H and O–H groups in total. The Balaban J connectivity index is 3.07. The molecule has 0 aromatic heterocycles. The summed E-state index contributed by atoms with van der Waals surface area (Å²) >= 11 is 0. The van der Waals surface area contributed by atoms with Crippen LogP contribution in [0.15, 0.2) is 0 Å². The van der Waals surface area contributed by atoms with Gasteiger partial charge in [0.25, 0.3) is 0 Å². The van der Waals surface area contributed by atoms with Crippen LogP contribution < -0.4 is 0 Å². The molecular formula is C7H15O. The monoisotopic (exact) mass is 115 g/mol. The first kappa shape index (κ1) is 7.96. The van der Waals surface area contributed by atoms with Crippen LogP contribution in [0.1, 0.15) is 33.1 Å². The van der Waals surface area contributed by atoms with Gasteiger partial charge in [0.2, 0.25) is 0 Å². The molecule has 8 heavy (non-hydrogen) atoms. The molecule has 1 nitrogen and oxygen atoms in total. The van der Waals surface area contributed by atoms with Crippen LogP contribution in [0.5, 0.6) is 0 Å². The summed E-state index contributed by atoms with van der Waals surface area (Å²) in [6, 6.07) is 0. The summed E-state index contributed by atoms with van der Waals surface area (Å²) < 4.78 is 5.06. The first-order valence-electron chi connectivity index (χ1n) is 3.23. The molecular weight excluding hydrogens is 100 g/mol. The molecule has 0 aliphatic heterocycles. The predicted octanol–water partition coefficient (Wildman–Crippen LogP) is 2.37. The lowest BCUT2D eigenvalue weighted by atomic mass is 10.2. The van der Waals surface area contributed by atoms with Gasteiger partial charge in [0, 0.05) is 7.11 Å². The maximum Gasteiger partial charge on any atom is 0.0964 e. The van der Waals surface area contributed by atoms with Crippen LogP contribution >= 0.6 is 0 Å². The van der Waals surface area contributed by atoms with E-state index in [-0.39, 0.29) is 0 Å². The zero-order valence-electron chi connectivity index (χ0n) is 6.03. The minimum absolute atomic E-state index is 1.06. The Morgan fingerprint density at radius 3 is 2.12 bits per heavy atom. The fraction of sp³-hybridized carbons (Fsp3) is 0.857. The van der Waals surface area contributed by atoms with Crippen molar-refractivity contribution in [3.8, 4) is 0 Å². The van der Waals surface area contributed by atoms with Gasteiger partial charge in [-0.1, -0.05) is 20.3 Å². The number of hydrogen-bond acceptors (Lipinski definition) is 1. The maximum absolute atomic E-state index is 5.06. The Bertz CT molecular complexity index is 39.7. The molecule has 0 aliphatic carbocycles. The topological polar surface area (TPSA) is 9.23 Å². The minimum atomic E-state index is 1.06. The molecule has 0 spiro atoms. The molecule has 0 fully saturated rings. The van der Waals surface area contributed by atoms with Crippen molar-refractivity contribution in [1.29, 1.82) is 0 Å². The first-order valence-corrected chi connectivity index (χ1v) is 3.23. The SMILES string of the molecule is CCC[C](CC)OC. The number of rotatable bonds is 4. The Labute approximate surface area is 52.0 Å². The second-order valence-corrected chi connectivity index (χ2v) is 1.85. The quantitative estimate of drug-likeness (QED) is 0.546. The summed E-state index contributed by atoms with van der Waals surface area (Å²) in [5.74, 6) is 0. The lowest BCUT2D eigenvalue weighted by Gasteiger charge is -2.07. The smallest absolute Gasteiger partial charge is 0.0964 e. The van der Waals surface area contributed by atoms with E-state index in [1.807, 2.05) is 0 Å². The molecule has 0 saturated carbocycles. The van der Waals surface area contributed by atoms with Crippen molar-refractivity contribution in [2.45, 2.75) is 33.1 Å². The maximum atomic E-state index is 5.06. The van der Waals surface area contributed by atoms with Gasteiger partial charge in [0.05, 0.1) is 6.10 Å². The van der Waals surface area contributed by atoms with E-state index in [0.29, 0.717) is 0 Å². The minimum Gasteiger partial charge on any atom is -0.375 e. The third-order valence-electron chi connectivity index (χ3n) is 1.21. The van der Waals surface area contributed by atoms with Crippen LogP contribution in [0.25, 0.3) is 0 Å². The fourth-order valence-corrected chi connectivity index (χ4v) is 0.702. The summed E-state index contributed by atoms with van der Waals surface area (Å²) in [6.07, 6.45) is 4.58. The number of ether oxygens (including phenoxy) is 1. The first-order chi connectivity index (χ1) is 3.85. The van der Waals surface area contributed by atoms with Crippen LogP contribution in [0.2, 0.25) is 0 Å². The number of methoxy groups -OCH3 is 1. The highest BCUT2D eigenvalue weighted by atomic mass is 16.5.